The van der Waals surface area contributed by atoms with Crippen molar-refractivity contribution in [2.45, 2.75) is 45.6 Å². The normalized spacial score (nSPS) is 22.3. The van der Waals surface area contributed by atoms with Gasteiger partial charge >= 0.3 is 0 Å². The lowest BCUT2D eigenvalue weighted by Gasteiger charge is -2.33. The first-order chi connectivity index (χ1) is 12.2. The van der Waals surface area contributed by atoms with Gasteiger partial charge in [-0.2, -0.15) is 0 Å². The summed E-state index contributed by atoms with van der Waals surface area (Å²) in [4.78, 5) is 14.4. The van der Waals surface area contributed by atoms with Gasteiger partial charge in [0, 0.05) is 27.8 Å². The van der Waals surface area contributed by atoms with Gasteiger partial charge in [-0.3, -0.25) is 9.69 Å². The molecule has 2 aliphatic rings. The van der Waals surface area contributed by atoms with Crippen molar-refractivity contribution in [1.29, 1.82) is 0 Å². The van der Waals surface area contributed by atoms with Gasteiger partial charge in [0.1, 0.15) is 0 Å². The molecule has 1 aromatic rings. The second kappa shape index (κ2) is 7.57. The minimum atomic E-state index is -0.162. The largest absolute Gasteiger partial charge is 0.385 e. The molecule has 144 valence electrons. The van der Waals surface area contributed by atoms with Crippen molar-refractivity contribution in [3.05, 3.63) is 28.2 Å². The molecule has 1 atom stereocenters. The van der Waals surface area contributed by atoms with Crippen molar-refractivity contribution in [1.82, 2.24) is 10.2 Å². The summed E-state index contributed by atoms with van der Waals surface area (Å²) in [6.07, 6.45) is 3.63. The zero-order chi connectivity index (χ0) is 18.9. The van der Waals surface area contributed by atoms with Gasteiger partial charge in [0.25, 0.3) is 0 Å². The number of halogens is 2. The molecule has 1 amide bonds. The van der Waals surface area contributed by atoms with Gasteiger partial charge in [-0.25, -0.2) is 0 Å². The van der Waals surface area contributed by atoms with Gasteiger partial charge in [0.05, 0.1) is 6.54 Å². The monoisotopic (exact) mass is 397 g/mol. The lowest BCUT2D eigenvalue weighted by Crippen LogP contribution is -2.47. The smallest absolute Gasteiger partial charge is 0.234 e. The Morgan fingerprint density at radius 3 is 2.38 bits per heavy atom. The average molecular weight is 398 g/mol. The van der Waals surface area contributed by atoms with E-state index in [0.29, 0.717) is 27.9 Å². The molecule has 1 saturated carbocycles. The number of anilines is 1. The number of nitrogens with one attached hydrogen (secondary N) is 2. The van der Waals surface area contributed by atoms with Crippen LogP contribution in [0.25, 0.3) is 0 Å². The number of likely N-dealkylation sites (tertiary alicyclic amines) is 1. The summed E-state index contributed by atoms with van der Waals surface area (Å²) in [6.45, 7) is 9.55. The van der Waals surface area contributed by atoms with Gasteiger partial charge in [0.15, 0.2) is 0 Å². The number of benzene rings is 1. The van der Waals surface area contributed by atoms with Crippen LogP contribution in [0.2, 0.25) is 10.0 Å². The molecule has 4 nitrogen and oxygen atoms in total. The maximum absolute atomic E-state index is 12.1. The molecule has 1 spiro atoms. The fourth-order valence-electron chi connectivity index (χ4n) is 4.05. The molecule has 0 bridgehead atoms. The van der Waals surface area contributed by atoms with Crippen LogP contribution < -0.4 is 10.6 Å². The van der Waals surface area contributed by atoms with Crippen LogP contribution in [-0.4, -0.2) is 42.5 Å². The van der Waals surface area contributed by atoms with E-state index in [1.165, 1.54) is 19.3 Å². The topological polar surface area (TPSA) is 44.4 Å². The van der Waals surface area contributed by atoms with Crippen LogP contribution in [0.5, 0.6) is 0 Å². The number of carbonyl (C=O) groups is 1. The first kappa shape index (κ1) is 19.8. The summed E-state index contributed by atoms with van der Waals surface area (Å²) in [5.74, 6) is 0.825. The van der Waals surface area contributed by atoms with Gasteiger partial charge in [-0.15, -0.1) is 0 Å². The molecule has 2 fully saturated rings. The fourth-order valence-corrected chi connectivity index (χ4v) is 4.57. The molecule has 26 heavy (non-hydrogen) atoms. The molecule has 1 saturated heterocycles. The summed E-state index contributed by atoms with van der Waals surface area (Å²) in [5.41, 5.74) is 1.29. The van der Waals surface area contributed by atoms with Crippen LogP contribution in [0.4, 0.5) is 5.69 Å². The number of carbonyl (C=O) groups excluding carboxylic acids is 1. The van der Waals surface area contributed by atoms with Crippen LogP contribution in [0.3, 0.4) is 0 Å². The van der Waals surface area contributed by atoms with Crippen molar-refractivity contribution in [3.63, 3.8) is 0 Å². The lowest BCUT2D eigenvalue weighted by molar-refractivity contribution is -0.124. The average Bonchev–Trinajstić information content (AvgIpc) is 3.17. The van der Waals surface area contributed by atoms with Crippen molar-refractivity contribution in [3.8, 4) is 0 Å². The Morgan fingerprint density at radius 2 is 1.81 bits per heavy atom. The van der Waals surface area contributed by atoms with Gasteiger partial charge in [-0.05, 0) is 82.7 Å². The summed E-state index contributed by atoms with van der Waals surface area (Å²) in [6, 6.07) is 5.58. The van der Waals surface area contributed by atoms with Crippen molar-refractivity contribution < 1.29 is 4.79 Å². The molecule has 1 aromatic carbocycles. The van der Waals surface area contributed by atoms with Crippen LogP contribution in [0.15, 0.2) is 18.2 Å². The van der Waals surface area contributed by atoms with Crippen molar-refractivity contribution >= 4 is 34.8 Å². The number of piperidine rings is 1. The van der Waals surface area contributed by atoms with Gasteiger partial charge < -0.3 is 10.6 Å². The molecule has 2 N–H and O–H groups in total. The lowest BCUT2D eigenvalue weighted by atomic mass is 9.90. The highest BCUT2D eigenvalue weighted by atomic mass is 35.5. The number of hydrogen-bond acceptors (Lipinski definition) is 3. The van der Waals surface area contributed by atoms with E-state index >= 15 is 0 Å². The third-order valence-electron chi connectivity index (χ3n) is 5.51. The number of hydrogen-bond donors (Lipinski definition) is 2. The Bertz CT molecular complexity index is 643. The first-order valence-corrected chi connectivity index (χ1v) is 10.1. The Labute approximate surface area is 166 Å². The predicted octanol–water partition coefficient (Wildman–Crippen LogP) is 4.42. The van der Waals surface area contributed by atoms with E-state index in [4.69, 9.17) is 23.2 Å². The standard InChI is InChI=1S/C20H29Cl2N3O/c1-19(2,3)24-18(26)13-25-6-4-20(5-7-25)11-14(20)12-23-17-9-15(21)8-16(22)10-17/h8-10,14,23H,4-7,11-13H2,1-3H3,(H,24,26). The Morgan fingerprint density at radius 1 is 1.19 bits per heavy atom. The molecule has 1 aliphatic heterocycles. The zero-order valence-electron chi connectivity index (χ0n) is 15.9. The molecular weight excluding hydrogens is 369 g/mol. The number of amides is 1. The van der Waals surface area contributed by atoms with Crippen LogP contribution >= 0.6 is 23.2 Å². The van der Waals surface area contributed by atoms with Gasteiger partial charge in [-0.1, -0.05) is 23.2 Å². The van der Waals surface area contributed by atoms with Crippen LogP contribution in [0, 0.1) is 11.3 Å². The van der Waals surface area contributed by atoms with E-state index in [1.807, 2.05) is 32.9 Å². The summed E-state index contributed by atoms with van der Waals surface area (Å²) in [5, 5.41) is 7.85. The third kappa shape index (κ3) is 5.28. The Kier molecular flexibility index (Phi) is 5.76. The SMILES string of the molecule is CC(C)(C)NC(=O)CN1CCC2(CC1)CC2CNc1cc(Cl)cc(Cl)c1. The molecular formula is C20H29Cl2N3O. The quantitative estimate of drug-likeness (QED) is 0.772. The molecule has 6 heteroatoms. The summed E-state index contributed by atoms with van der Waals surface area (Å²) >= 11 is 12.1. The van der Waals surface area contributed by atoms with Crippen molar-refractivity contribution in [2.24, 2.45) is 11.3 Å². The van der Waals surface area contributed by atoms with Crippen LogP contribution in [0.1, 0.15) is 40.0 Å². The highest BCUT2D eigenvalue weighted by Gasteiger charge is 2.54. The Balaban J connectivity index is 1.42. The van der Waals surface area contributed by atoms with E-state index in [0.717, 1.165) is 25.3 Å². The maximum atomic E-state index is 12.1. The highest BCUT2D eigenvalue weighted by molar-refractivity contribution is 6.35. The van der Waals surface area contributed by atoms with Gasteiger partial charge in [0.2, 0.25) is 5.91 Å². The second-order valence-corrected chi connectivity index (χ2v) is 9.75. The van der Waals surface area contributed by atoms with E-state index in [9.17, 15) is 4.79 Å². The molecule has 1 heterocycles. The molecule has 0 radical (unpaired) electrons. The Hall–Kier alpha value is -0.970. The highest BCUT2D eigenvalue weighted by Crippen LogP contribution is 2.59. The van der Waals surface area contributed by atoms with E-state index in [-0.39, 0.29) is 11.4 Å². The van der Waals surface area contributed by atoms with Crippen molar-refractivity contribution in [2.75, 3.05) is 31.5 Å². The maximum Gasteiger partial charge on any atom is 0.234 e. The second-order valence-electron chi connectivity index (χ2n) is 8.88. The summed E-state index contributed by atoms with van der Waals surface area (Å²) in [7, 11) is 0. The molecule has 3 rings (SSSR count). The van der Waals surface area contributed by atoms with E-state index in [2.05, 4.69) is 15.5 Å². The predicted molar refractivity (Wildman–Crippen MR) is 109 cm³/mol. The third-order valence-corrected chi connectivity index (χ3v) is 5.94. The fraction of sp³-hybridized carbons (Fsp3) is 0.650. The zero-order valence-corrected chi connectivity index (χ0v) is 17.4. The first-order valence-electron chi connectivity index (χ1n) is 9.39. The number of nitrogens with zero attached hydrogens (tertiary/aromatic N) is 1. The molecule has 0 aromatic heterocycles. The minimum Gasteiger partial charge on any atom is -0.385 e. The molecule has 1 unspecified atom stereocenters. The van der Waals surface area contributed by atoms with E-state index in [1.54, 1.807) is 6.07 Å². The minimum absolute atomic E-state index is 0.125. The molecule has 1 aliphatic carbocycles. The summed E-state index contributed by atoms with van der Waals surface area (Å²) < 4.78 is 0. The number of rotatable bonds is 5. The van der Waals surface area contributed by atoms with Crippen LogP contribution in [-0.2, 0) is 4.79 Å². The van der Waals surface area contributed by atoms with E-state index < -0.39 is 0 Å².